The van der Waals surface area contributed by atoms with Crippen LogP contribution in [0.4, 0.5) is 5.13 Å². The Kier molecular flexibility index (Phi) is 4.24. The van der Waals surface area contributed by atoms with Crippen LogP contribution >= 0.6 is 11.3 Å². The van der Waals surface area contributed by atoms with E-state index in [1.54, 1.807) is 11.3 Å². The molecule has 0 bridgehead atoms. The fraction of sp³-hybridized carbons (Fsp3) is 0.467. The van der Waals surface area contributed by atoms with Gasteiger partial charge >= 0.3 is 0 Å². The van der Waals surface area contributed by atoms with Crippen molar-refractivity contribution >= 4 is 16.5 Å². The molecule has 0 fully saturated rings. The minimum atomic E-state index is 0.595. The van der Waals surface area contributed by atoms with E-state index in [9.17, 15) is 0 Å². The molecule has 0 aliphatic carbocycles. The molecular weight excluding hydrogens is 286 g/mol. The van der Waals surface area contributed by atoms with Crippen molar-refractivity contribution in [1.29, 1.82) is 0 Å². The van der Waals surface area contributed by atoms with Crippen molar-refractivity contribution in [2.24, 2.45) is 5.92 Å². The maximum Gasteiger partial charge on any atom is 0.205 e. The highest BCUT2D eigenvalue weighted by Gasteiger charge is 2.15. The second-order valence-corrected chi connectivity index (χ2v) is 6.46. The smallest absolute Gasteiger partial charge is 0.205 e. The highest BCUT2D eigenvalue weighted by atomic mass is 32.1. The lowest BCUT2D eigenvalue weighted by molar-refractivity contribution is 0.170. The first kappa shape index (κ1) is 14.1. The third-order valence-corrected chi connectivity index (χ3v) is 4.03. The number of anilines is 1. The Morgan fingerprint density at radius 1 is 1.24 bits per heavy atom. The first-order valence-electron chi connectivity index (χ1n) is 7.16. The zero-order chi connectivity index (χ0) is 14.7. The van der Waals surface area contributed by atoms with Gasteiger partial charge in [-0.3, -0.25) is 0 Å². The fourth-order valence-corrected chi connectivity index (χ4v) is 3.15. The largest absolute Gasteiger partial charge is 0.486 e. The molecule has 0 amide bonds. The van der Waals surface area contributed by atoms with Crippen LogP contribution in [-0.2, 0) is 13.0 Å². The molecule has 2 aromatic rings. The van der Waals surface area contributed by atoms with Gasteiger partial charge in [0, 0.05) is 18.5 Å². The number of benzene rings is 1. The fourth-order valence-electron chi connectivity index (χ4n) is 2.20. The van der Waals surface area contributed by atoms with E-state index in [2.05, 4.69) is 29.4 Å². The average molecular weight is 305 g/mol. The zero-order valence-electron chi connectivity index (χ0n) is 12.3. The average Bonchev–Trinajstić information content (AvgIpc) is 2.92. The lowest BCUT2D eigenvalue weighted by Gasteiger charge is -2.20. The quantitative estimate of drug-likeness (QED) is 0.920. The molecule has 0 radical (unpaired) electrons. The molecule has 2 heterocycles. The van der Waals surface area contributed by atoms with Gasteiger partial charge in [-0.05, 0) is 12.0 Å². The van der Waals surface area contributed by atoms with Gasteiger partial charge < -0.3 is 14.8 Å². The van der Waals surface area contributed by atoms with E-state index >= 15 is 0 Å². The molecule has 1 aromatic heterocycles. The molecule has 6 heteroatoms. The van der Waals surface area contributed by atoms with E-state index in [1.165, 1.54) is 0 Å². The number of hydrogen-bond donors (Lipinski definition) is 1. The van der Waals surface area contributed by atoms with Crippen molar-refractivity contribution in [1.82, 2.24) is 10.2 Å². The van der Waals surface area contributed by atoms with Gasteiger partial charge in [0.25, 0.3) is 0 Å². The SMILES string of the molecule is CC(C)Cc1nnc(NCc2cccc3c2OCCO3)s1. The maximum atomic E-state index is 5.70. The molecule has 1 aromatic carbocycles. The van der Waals surface area contributed by atoms with E-state index in [0.717, 1.165) is 33.6 Å². The Morgan fingerprint density at radius 2 is 2.10 bits per heavy atom. The zero-order valence-corrected chi connectivity index (χ0v) is 13.1. The van der Waals surface area contributed by atoms with Gasteiger partial charge in [-0.25, -0.2) is 0 Å². The summed E-state index contributed by atoms with van der Waals surface area (Å²) in [5.41, 5.74) is 1.08. The summed E-state index contributed by atoms with van der Waals surface area (Å²) < 4.78 is 11.3. The summed E-state index contributed by atoms with van der Waals surface area (Å²) in [6.07, 6.45) is 0.969. The Balaban J connectivity index is 1.66. The standard InChI is InChI=1S/C15H19N3O2S/c1-10(2)8-13-17-18-15(21-13)16-9-11-4-3-5-12-14(11)20-7-6-19-12/h3-5,10H,6-9H2,1-2H3,(H,16,18). The van der Waals surface area contributed by atoms with Crippen LogP contribution in [0.5, 0.6) is 11.5 Å². The lowest BCUT2D eigenvalue weighted by atomic mass is 10.1. The summed E-state index contributed by atoms with van der Waals surface area (Å²) >= 11 is 1.61. The molecule has 1 N–H and O–H groups in total. The van der Waals surface area contributed by atoms with Crippen molar-refractivity contribution in [3.63, 3.8) is 0 Å². The Labute approximate surface area is 128 Å². The number of aromatic nitrogens is 2. The van der Waals surface area contributed by atoms with E-state index in [1.807, 2.05) is 18.2 Å². The van der Waals surface area contributed by atoms with E-state index in [0.29, 0.717) is 25.7 Å². The van der Waals surface area contributed by atoms with Gasteiger partial charge in [-0.2, -0.15) is 0 Å². The van der Waals surface area contributed by atoms with Crippen molar-refractivity contribution in [2.75, 3.05) is 18.5 Å². The van der Waals surface area contributed by atoms with E-state index in [-0.39, 0.29) is 0 Å². The summed E-state index contributed by atoms with van der Waals surface area (Å²) in [5, 5.41) is 13.6. The van der Waals surface area contributed by atoms with E-state index in [4.69, 9.17) is 9.47 Å². The monoisotopic (exact) mass is 305 g/mol. The van der Waals surface area contributed by atoms with Gasteiger partial charge in [0.2, 0.25) is 5.13 Å². The number of hydrogen-bond acceptors (Lipinski definition) is 6. The highest BCUT2D eigenvalue weighted by molar-refractivity contribution is 7.15. The van der Waals surface area contributed by atoms with Crippen LogP contribution in [-0.4, -0.2) is 23.4 Å². The minimum absolute atomic E-state index is 0.595. The van der Waals surface area contributed by atoms with Crippen LogP contribution in [0.1, 0.15) is 24.4 Å². The molecule has 0 spiro atoms. The molecule has 0 unspecified atom stereocenters. The predicted octanol–water partition coefficient (Wildman–Crippen LogP) is 3.12. The second kappa shape index (κ2) is 6.30. The Hall–Kier alpha value is -1.82. The second-order valence-electron chi connectivity index (χ2n) is 5.39. The molecule has 3 rings (SSSR count). The number of nitrogens with one attached hydrogen (secondary N) is 1. The van der Waals surface area contributed by atoms with Crippen LogP contribution in [0, 0.1) is 5.92 Å². The third-order valence-electron chi connectivity index (χ3n) is 3.13. The van der Waals surface area contributed by atoms with E-state index < -0.39 is 0 Å². The van der Waals surface area contributed by atoms with Crippen molar-refractivity contribution in [2.45, 2.75) is 26.8 Å². The van der Waals surface area contributed by atoms with Crippen molar-refractivity contribution < 1.29 is 9.47 Å². The number of nitrogens with zero attached hydrogens (tertiary/aromatic N) is 2. The number of rotatable bonds is 5. The molecule has 5 nitrogen and oxygen atoms in total. The summed E-state index contributed by atoms with van der Waals surface area (Å²) in [7, 11) is 0. The van der Waals surface area contributed by atoms with Gasteiger partial charge in [-0.15, -0.1) is 10.2 Å². The normalized spacial score (nSPS) is 13.5. The minimum Gasteiger partial charge on any atom is -0.486 e. The first-order valence-corrected chi connectivity index (χ1v) is 7.98. The Bertz CT molecular complexity index is 613. The van der Waals surface area contributed by atoms with Gasteiger partial charge in [0.15, 0.2) is 11.5 Å². The molecule has 21 heavy (non-hydrogen) atoms. The molecule has 0 saturated heterocycles. The third kappa shape index (κ3) is 3.44. The van der Waals surface area contributed by atoms with Crippen LogP contribution in [0.15, 0.2) is 18.2 Å². The number of ether oxygens (including phenoxy) is 2. The number of fused-ring (bicyclic) bond motifs is 1. The number of para-hydroxylation sites is 1. The predicted molar refractivity (Wildman–Crippen MR) is 83.2 cm³/mol. The van der Waals surface area contributed by atoms with Crippen LogP contribution < -0.4 is 14.8 Å². The molecular formula is C15H19N3O2S. The summed E-state index contributed by atoms with van der Waals surface area (Å²) in [6.45, 7) is 6.23. The molecule has 1 aliphatic heterocycles. The Morgan fingerprint density at radius 3 is 2.95 bits per heavy atom. The van der Waals surface area contributed by atoms with Crippen LogP contribution in [0.2, 0.25) is 0 Å². The van der Waals surface area contributed by atoms with Gasteiger partial charge in [0.05, 0.1) is 0 Å². The topological polar surface area (TPSA) is 56.3 Å². The highest BCUT2D eigenvalue weighted by Crippen LogP contribution is 2.34. The van der Waals surface area contributed by atoms with Gasteiger partial charge in [0.1, 0.15) is 18.2 Å². The molecule has 1 aliphatic rings. The summed E-state index contributed by atoms with van der Waals surface area (Å²) in [6, 6.07) is 5.95. The molecule has 112 valence electrons. The van der Waals surface area contributed by atoms with Crippen LogP contribution in [0.3, 0.4) is 0 Å². The van der Waals surface area contributed by atoms with Crippen LogP contribution in [0.25, 0.3) is 0 Å². The van der Waals surface area contributed by atoms with Gasteiger partial charge in [-0.1, -0.05) is 37.3 Å². The van der Waals surface area contributed by atoms with Crippen molar-refractivity contribution in [3.05, 3.63) is 28.8 Å². The summed E-state index contributed by atoms with van der Waals surface area (Å²) in [5.74, 6) is 2.25. The lowest BCUT2D eigenvalue weighted by Crippen LogP contribution is -2.17. The first-order chi connectivity index (χ1) is 10.2. The summed E-state index contributed by atoms with van der Waals surface area (Å²) in [4.78, 5) is 0. The molecule has 0 atom stereocenters. The van der Waals surface area contributed by atoms with Crippen molar-refractivity contribution in [3.8, 4) is 11.5 Å². The maximum absolute atomic E-state index is 5.70. The molecule has 0 saturated carbocycles.